The van der Waals surface area contributed by atoms with Crippen LogP contribution in [0.15, 0.2) is 42.7 Å². The molecule has 20 heavy (non-hydrogen) atoms. The number of hydrogen-bond donors (Lipinski definition) is 1. The van der Waals surface area contributed by atoms with E-state index in [2.05, 4.69) is 9.82 Å². The molecule has 1 aliphatic heterocycles. The van der Waals surface area contributed by atoms with Crippen LogP contribution < -0.4 is 9.46 Å². The Bertz CT molecular complexity index is 736. The van der Waals surface area contributed by atoms with E-state index in [9.17, 15) is 9.00 Å². The molecule has 1 aliphatic rings. The van der Waals surface area contributed by atoms with Gasteiger partial charge in [0.1, 0.15) is 5.75 Å². The van der Waals surface area contributed by atoms with Crippen LogP contribution in [-0.2, 0) is 15.8 Å². The molecule has 2 heterocycles. The van der Waals surface area contributed by atoms with Crippen molar-refractivity contribution in [2.24, 2.45) is 0 Å². The molecule has 1 unspecified atom stereocenters. The van der Waals surface area contributed by atoms with Gasteiger partial charge < -0.3 is 4.74 Å². The van der Waals surface area contributed by atoms with Crippen LogP contribution in [0, 0.1) is 0 Å². The first kappa shape index (κ1) is 12.6. The predicted octanol–water partition coefficient (Wildman–Crippen LogP) is 1.15. The molecule has 0 saturated heterocycles. The molecular formula is C13H11N3O3S. The molecule has 0 radical (unpaired) electrons. The van der Waals surface area contributed by atoms with Crippen LogP contribution in [0.4, 0.5) is 0 Å². The Morgan fingerprint density at radius 2 is 2.15 bits per heavy atom. The molecule has 1 aromatic heterocycles. The van der Waals surface area contributed by atoms with Crippen molar-refractivity contribution in [3.63, 3.8) is 0 Å². The molecule has 6 nitrogen and oxygen atoms in total. The third-order valence-electron chi connectivity index (χ3n) is 2.86. The summed E-state index contributed by atoms with van der Waals surface area (Å²) in [5, 5.41) is 4.46. The number of amides is 1. The minimum absolute atomic E-state index is 0.316. The number of nitrogens with zero attached hydrogens (tertiary/aromatic N) is 2. The smallest absolute Gasteiger partial charge is 0.258 e. The first-order valence-corrected chi connectivity index (χ1v) is 6.96. The summed E-state index contributed by atoms with van der Waals surface area (Å²) in [4.78, 5) is 11.2. The lowest BCUT2D eigenvalue weighted by Gasteiger charge is -2.05. The van der Waals surface area contributed by atoms with Crippen LogP contribution >= 0.6 is 0 Å². The molecule has 7 heteroatoms. The molecule has 1 aromatic carbocycles. The molecule has 1 atom stereocenters. The van der Waals surface area contributed by atoms with Gasteiger partial charge in [-0.3, -0.25) is 9.52 Å². The van der Waals surface area contributed by atoms with Crippen molar-refractivity contribution in [2.75, 3.05) is 7.11 Å². The number of carbonyl (C=O) groups excluding carboxylic acids is 1. The maximum atomic E-state index is 11.7. The minimum atomic E-state index is -1.56. The average molecular weight is 289 g/mol. The highest BCUT2D eigenvalue weighted by atomic mass is 32.2. The largest absolute Gasteiger partial charge is 0.496 e. The van der Waals surface area contributed by atoms with E-state index in [4.69, 9.17) is 4.74 Å². The predicted molar refractivity (Wildman–Crippen MR) is 74.8 cm³/mol. The van der Waals surface area contributed by atoms with Gasteiger partial charge in [-0.2, -0.15) is 5.10 Å². The second-order valence-corrected chi connectivity index (χ2v) is 5.25. The quantitative estimate of drug-likeness (QED) is 0.920. The van der Waals surface area contributed by atoms with Gasteiger partial charge in [-0.15, -0.1) is 0 Å². The van der Waals surface area contributed by atoms with Gasteiger partial charge in [-0.25, -0.2) is 8.89 Å². The Morgan fingerprint density at radius 3 is 2.85 bits per heavy atom. The molecule has 2 aromatic rings. The summed E-state index contributed by atoms with van der Waals surface area (Å²) in [6.45, 7) is 0. The lowest BCUT2D eigenvalue weighted by molar-refractivity contribution is -0.114. The summed E-state index contributed by atoms with van der Waals surface area (Å²) in [5.74, 6) is 0.343. The molecule has 3 rings (SSSR count). The number of nitrogens with one attached hydrogen (secondary N) is 1. The van der Waals surface area contributed by atoms with Crippen LogP contribution in [0.3, 0.4) is 0 Å². The highest BCUT2D eigenvalue weighted by molar-refractivity contribution is 7.93. The van der Waals surface area contributed by atoms with Crippen LogP contribution in [-0.4, -0.2) is 27.0 Å². The number of methoxy groups -OCH3 is 1. The van der Waals surface area contributed by atoms with Crippen molar-refractivity contribution in [3.05, 3.63) is 42.7 Å². The van der Waals surface area contributed by atoms with E-state index in [0.29, 0.717) is 5.03 Å². The van der Waals surface area contributed by atoms with Crippen molar-refractivity contribution >= 4 is 21.9 Å². The van der Waals surface area contributed by atoms with Crippen molar-refractivity contribution in [3.8, 4) is 16.9 Å². The van der Waals surface area contributed by atoms with E-state index in [1.54, 1.807) is 19.5 Å². The number of hydrogen-bond acceptors (Lipinski definition) is 4. The molecule has 0 spiro atoms. The molecule has 0 saturated carbocycles. The van der Waals surface area contributed by atoms with Crippen LogP contribution in [0.25, 0.3) is 16.2 Å². The Balaban J connectivity index is 2.01. The fourth-order valence-electron chi connectivity index (χ4n) is 1.96. The fourth-order valence-corrected chi connectivity index (χ4v) is 2.79. The normalized spacial score (nSPS) is 17.8. The Morgan fingerprint density at radius 1 is 1.35 bits per heavy atom. The summed E-state index contributed by atoms with van der Waals surface area (Å²) in [5.41, 5.74) is 1.70. The molecule has 102 valence electrons. The Labute approximate surface area is 117 Å². The molecular weight excluding hydrogens is 278 g/mol. The second-order valence-electron chi connectivity index (χ2n) is 4.09. The first-order valence-electron chi connectivity index (χ1n) is 5.81. The highest BCUT2D eigenvalue weighted by Gasteiger charge is 2.22. The zero-order chi connectivity index (χ0) is 14.1. The number of ether oxygens (including phenoxy) is 1. The van der Waals surface area contributed by atoms with Gasteiger partial charge in [0.05, 0.1) is 13.3 Å². The van der Waals surface area contributed by atoms with Crippen LogP contribution in [0.1, 0.15) is 0 Å². The summed E-state index contributed by atoms with van der Waals surface area (Å²) >= 11 is 0. The topological polar surface area (TPSA) is 73.2 Å². The standard InChI is InChI=1S/C13H11N3O3S/c1-19-11-5-3-2-4-10(11)9-7-14-16(8-9)13-6-12(17)15-20(13)18/h2-8H,1H3,(H,15,17). The van der Waals surface area contributed by atoms with Crippen LogP contribution in [0.2, 0.25) is 0 Å². The van der Waals surface area contributed by atoms with Gasteiger partial charge in [-0.05, 0) is 6.07 Å². The van der Waals surface area contributed by atoms with Crippen molar-refractivity contribution in [1.82, 2.24) is 14.5 Å². The minimum Gasteiger partial charge on any atom is -0.496 e. The Hall–Kier alpha value is -2.41. The first-order chi connectivity index (χ1) is 9.69. The lowest BCUT2D eigenvalue weighted by atomic mass is 10.1. The Kier molecular flexibility index (Phi) is 3.11. The SMILES string of the molecule is COc1ccccc1-c1cnn(C2=CC(=O)NS2=O)c1. The zero-order valence-electron chi connectivity index (χ0n) is 10.6. The molecule has 1 amide bonds. The highest BCUT2D eigenvalue weighted by Crippen LogP contribution is 2.29. The zero-order valence-corrected chi connectivity index (χ0v) is 11.4. The third-order valence-corrected chi connectivity index (χ3v) is 3.94. The monoisotopic (exact) mass is 289 g/mol. The number of carbonyl (C=O) groups is 1. The fraction of sp³-hybridized carbons (Fsp3) is 0.0769. The van der Waals surface area contributed by atoms with E-state index in [0.717, 1.165) is 16.9 Å². The molecule has 0 fully saturated rings. The van der Waals surface area contributed by atoms with Gasteiger partial charge in [-0.1, -0.05) is 18.2 Å². The van der Waals surface area contributed by atoms with E-state index in [1.165, 1.54) is 10.8 Å². The second kappa shape index (κ2) is 4.93. The average Bonchev–Trinajstić information content (AvgIpc) is 3.05. The van der Waals surface area contributed by atoms with E-state index in [1.807, 2.05) is 24.3 Å². The van der Waals surface area contributed by atoms with Gasteiger partial charge in [0, 0.05) is 23.4 Å². The molecule has 1 N–H and O–H groups in total. The van der Waals surface area contributed by atoms with E-state index < -0.39 is 11.0 Å². The lowest BCUT2D eigenvalue weighted by Crippen LogP contribution is -2.17. The maximum absolute atomic E-state index is 11.7. The van der Waals surface area contributed by atoms with Gasteiger partial charge in [0.15, 0.2) is 16.0 Å². The number of para-hydroxylation sites is 1. The van der Waals surface area contributed by atoms with Crippen molar-refractivity contribution in [1.29, 1.82) is 0 Å². The number of aromatic nitrogens is 2. The van der Waals surface area contributed by atoms with Crippen LogP contribution in [0.5, 0.6) is 5.75 Å². The molecule has 0 bridgehead atoms. The summed E-state index contributed by atoms with van der Waals surface area (Å²) in [7, 11) is 0.0365. The summed E-state index contributed by atoms with van der Waals surface area (Å²) in [6, 6.07) is 7.53. The van der Waals surface area contributed by atoms with Gasteiger partial charge in [0.2, 0.25) is 0 Å². The number of benzene rings is 1. The van der Waals surface area contributed by atoms with Gasteiger partial charge >= 0.3 is 0 Å². The van der Waals surface area contributed by atoms with Gasteiger partial charge in [0.25, 0.3) is 5.91 Å². The summed E-state index contributed by atoms with van der Waals surface area (Å²) in [6.07, 6.45) is 4.62. The van der Waals surface area contributed by atoms with Crippen molar-refractivity contribution in [2.45, 2.75) is 0 Å². The van der Waals surface area contributed by atoms with E-state index >= 15 is 0 Å². The van der Waals surface area contributed by atoms with E-state index in [-0.39, 0.29) is 5.91 Å². The van der Waals surface area contributed by atoms with Crippen molar-refractivity contribution < 1.29 is 13.7 Å². The maximum Gasteiger partial charge on any atom is 0.258 e. The summed E-state index contributed by atoms with van der Waals surface area (Å²) < 4.78 is 20.7. The number of rotatable bonds is 3. The third kappa shape index (κ3) is 2.12. The molecule has 0 aliphatic carbocycles.